The molecule has 5 rings (SSSR count). The van der Waals surface area contributed by atoms with Crippen LogP contribution >= 0.6 is 11.3 Å². The molecule has 3 aromatic rings. The minimum atomic E-state index is -0.666. The lowest BCUT2D eigenvalue weighted by atomic mass is 9.81. The molecule has 2 N–H and O–H groups in total. The normalized spacial score (nSPS) is 21.3. The van der Waals surface area contributed by atoms with Gasteiger partial charge in [0.05, 0.1) is 11.3 Å². The topological polar surface area (TPSA) is 75.1 Å². The van der Waals surface area contributed by atoms with Crippen molar-refractivity contribution in [2.75, 3.05) is 5.32 Å². The van der Waals surface area contributed by atoms with E-state index in [0.29, 0.717) is 0 Å². The fraction of sp³-hybridized carbons (Fsp3) is 0.458. The molecular formula is C24H27N3O2S. The number of hydrogen-bond donors (Lipinski definition) is 2. The van der Waals surface area contributed by atoms with Gasteiger partial charge in [-0.2, -0.15) is 0 Å². The number of nitrogens with zero attached hydrogens (tertiary/aromatic N) is 2. The number of hydrogen-bond acceptors (Lipinski definition) is 5. The quantitative estimate of drug-likeness (QED) is 0.566. The minimum absolute atomic E-state index is 0.213. The Hall–Kier alpha value is -2.47. The van der Waals surface area contributed by atoms with Crippen LogP contribution in [0.25, 0.3) is 10.2 Å². The zero-order chi connectivity index (χ0) is 20.5. The van der Waals surface area contributed by atoms with Crippen LogP contribution in [0.15, 0.2) is 30.3 Å². The smallest absolute Gasteiger partial charge is 0.306 e. The summed E-state index contributed by atoms with van der Waals surface area (Å²) < 4.78 is 0. The molecule has 0 amide bonds. The van der Waals surface area contributed by atoms with Crippen LogP contribution in [0.1, 0.15) is 66.3 Å². The molecule has 2 heterocycles. The van der Waals surface area contributed by atoms with E-state index >= 15 is 0 Å². The van der Waals surface area contributed by atoms with Crippen molar-refractivity contribution in [2.45, 2.75) is 63.8 Å². The zero-order valence-electron chi connectivity index (χ0n) is 17.1. The van der Waals surface area contributed by atoms with Crippen molar-refractivity contribution in [2.24, 2.45) is 5.92 Å². The number of benzene rings is 1. The van der Waals surface area contributed by atoms with Crippen LogP contribution in [-0.2, 0) is 24.2 Å². The van der Waals surface area contributed by atoms with Gasteiger partial charge in [0.1, 0.15) is 16.5 Å². The molecule has 30 heavy (non-hydrogen) atoms. The van der Waals surface area contributed by atoms with Crippen molar-refractivity contribution in [1.82, 2.24) is 9.97 Å². The Morgan fingerprint density at radius 3 is 2.60 bits per heavy atom. The first-order chi connectivity index (χ1) is 14.7. The van der Waals surface area contributed by atoms with E-state index in [9.17, 15) is 9.90 Å². The average Bonchev–Trinajstić information content (AvgIpc) is 3.17. The van der Waals surface area contributed by atoms with Gasteiger partial charge in [0, 0.05) is 17.3 Å². The summed E-state index contributed by atoms with van der Waals surface area (Å²) in [5.74, 6) is 1.22. The molecule has 0 bridgehead atoms. The van der Waals surface area contributed by atoms with E-state index < -0.39 is 5.97 Å². The molecule has 156 valence electrons. The molecule has 0 unspecified atom stereocenters. The third kappa shape index (κ3) is 3.81. The lowest BCUT2D eigenvalue weighted by Gasteiger charge is -2.25. The third-order valence-corrected chi connectivity index (χ3v) is 7.76. The molecule has 5 nitrogen and oxygen atoms in total. The van der Waals surface area contributed by atoms with Crippen LogP contribution in [0, 0.1) is 5.92 Å². The Morgan fingerprint density at radius 2 is 1.83 bits per heavy atom. The monoisotopic (exact) mass is 421 g/mol. The Balaban J connectivity index is 1.49. The summed E-state index contributed by atoms with van der Waals surface area (Å²) in [4.78, 5) is 23.9. The van der Waals surface area contributed by atoms with Gasteiger partial charge >= 0.3 is 5.97 Å². The van der Waals surface area contributed by atoms with Gasteiger partial charge in [-0.15, -0.1) is 11.3 Å². The Bertz CT molecular complexity index is 1060. The second-order valence-electron chi connectivity index (χ2n) is 8.55. The van der Waals surface area contributed by atoms with Crippen molar-refractivity contribution in [1.29, 1.82) is 0 Å². The summed E-state index contributed by atoms with van der Waals surface area (Å²) in [7, 11) is 0. The molecule has 0 aliphatic heterocycles. The Morgan fingerprint density at radius 1 is 1.07 bits per heavy atom. The molecule has 2 aromatic heterocycles. The van der Waals surface area contributed by atoms with Crippen molar-refractivity contribution in [3.05, 3.63) is 52.2 Å². The average molecular weight is 422 g/mol. The summed E-state index contributed by atoms with van der Waals surface area (Å²) in [6, 6.07) is 10.4. The number of aryl methyl sites for hydroxylation is 2. The highest BCUT2D eigenvalue weighted by atomic mass is 32.1. The van der Waals surface area contributed by atoms with Crippen LogP contribution in [0.4, 0.5) is 5.82 Å². The number of anilines is 1. The van der Waals surface area contributed by atoms with Crippen molar-refractivity contribution in [3.63, 3.8) is 0 Å². The predicted molar refractivity (Wildman–Crippen MR) is 120 cm³/mol. The van der Waals surface area contributed by atoms with Gasteiger partial charge in [-0.3, -0.25) is 4.79 Å². The molecule has 1 aromatic carbocycles. The largest absolute Gasteiger partial charge is 0.481 e. The Kier molecular flexibility index (Phi) is 5.42. The molecule has 2 aliphatic rings. The molecule has 6 heteroatoms. The number of aromatic nitrogens is 2. The van der Waals surface area contributed by atoms with E-state index in [1.54, 1.807) is 0 Å². The molecule has 0 radical (unpaired) electrons. The highest BCUT2D eigenvalue weighted by Crippen LogP contribution is 2.41. The number of rotatable bonds is 5. The number of aliphatic carboxylic acids is 1. The van der Waals surface area contributed by atoms with Gasteiger partial charge in [-0.05, 0) is 62.5 Å². The van der Waals surface area contributed by atoms with Gasteiger partial charge in [0.15, 0.2) is 0 Å². The summed E-state index contributed by atoms with van der Waals surface area (Å²) in [6.07, 6.45) is 7.89. The first-order valence-corrected chi connectivity index (χ1v) is 11.8. The maximum absolute atomic E-state index is 11.3. The van der Waals surface area contributed by atoms with Gasteiger partial charge in [0.2, 0.25) is 0 Å². The lowest BCUT2D eigenvalue weighted by Crippen LogP contribution is -2.21. The first-order valence-electron chi connectivity index (χ1n) is 11.0. The highest BCUT2D eigenvalue weighted by molar-refractivity contribution is 7.19. The maximum atomic E-state index is 11.3. The summed E-state index contributed by atoms with van der Waals surface area (Å²) in [5.41, 5.74) is 2.68. The van der Waals surface area contributed by atoms with E-state index in [-0.39, 0.29) is 11.8 Å². The van der Waals surface area contributed by atoms with Crippen LogP contribution in [0.5, 0.6) is 0 Å². The number of thiophene rings is 1. The minimum Gasteiger partial charge on any atom is -0.481 e. The number of carboxylic acids is 1. The van der Waals surface area contributed by atoms with E-state index in [1.165, 1.54) is 34.2 Å². The van der Waals surface area contributed by atoms with E-state index in [2.05, 4.69) is 29.6 Å². The summed E-state index contributed by atoms with van der Waals surface area (Å²) in [6.45, 7) is 0.739. The van der Waals surface area contributed by atoms with Crippen molar-refractivity contribution >= 4 is 33.3 Å². The molecule has 1 saturated carbocycles. The van der Waals surface area contributed by atoms with Crippen LogP contribution < -0.4 is 5.32 Å². The second kappa shape index (κ2) is 8.34. The van der Waals surface area contributed by atoms with Gasteiger partial charge in [-0.1, -0.05) is 30.3 Å². The fourth-order valence-electron chi connectivity index (χ4n) is 4.86. The number of carboxylic acid groups (broad SMARTS) is 1. The molecule has 0 atom stereocenters. The van der Waals surface area contributed by atoms with Gasteiger partial charge < -0.3 is 10.4 Å². The van der Waals surface area contributed by atoms with E-state index in [1.807, 2.05) is 17.4 Å². The van der Waals surface area contributed by atoms with Gasteiger partial charge in [-0.25, -0.2) is 9.97 Å². The second-order valence-corrected chi connectivity index (χ2v) is 9.63. The summed E-state index contributed by atoms with van der Waals surface area (Å²) >= 11 is 1.83. The van der Waals surface area contributed by atoms with Crippen LogP contribution in [0.3, 0.4) is 0 Å². The Labute approximate surface area is 180 Å². The fourth-order valence-corrected chi connectivity index (χ4v) is 6.13. The van der Waals surface area contributed by atoms with E-state index in [4.69, 9.17) is 9.97 Å². The van der Waals surface area contributed by atoms with Gasteiger partial charge in [0.25, 0.3) is 0 Å². The van der Waals surface area contributed by atoms with Crippen molar-refractivity contribution < 1.29 is 9.90 Å². The molecule has 0 saturated heterocycles. The molecule has 1 fully saturated rings. The molecule has 0 spiro atoms. The number of fused-ring (bicyclic) bond motifs is 3. The van der Waals surface area contributed by atoms with Crippen molar-refractivity contribution in [3.8, 4) is 0 Å². The molecule has 2 aliphatic carbocycles. The number of carbonyl (C=O) groups is 1. The predicted octanol–water partition coefficient (Wildman–Crippen LogP) is 5.54. The molecular weight excluding hydrogens is 394 g/mol. The zero-order valence-corrected chi connectivity index (χ0v) is 17.9. The SMILES string of the molecule is O=C(O)C1CCC(c2nc(NCc3ccccc3)c3c4c(sc3n2)CCCC4)CC1. The lowest BCUT2D eigenvalue weighted by molar-refractivity contribution is -0.142. The first kappa shape index (κ1) is 19.5. The summed E-state index contributed by atoms with van der Waals surface area (Å²) in [5, 5.41) is 14.1. The number of nitrogens with one attached hydrogen (secondary N) is 1. The van der Waals surface area contributed by atoms with Crippen LogP contribution in [0.2, 0.25) is 0 Å². The van der Waals surface area contributed by atoms with E-state index in [0.717, 1.165) is 61.5 Å². The van der Waals surface area contributed by atoms with Crippen LogP contribution in [-0.4, -0.2) is 21.0 Å². The third-order valence-electron chi connectivity index (χ3n) is 6.58. The standard InChI is InChI=1S/C24H27N3O2S/c28-24(29)17-12-10-16(11-13-17)21-26-22(25-14-15-6-2-1-3-7-15)20-18-8-4-5-9-19(18)30-23(20)27-21/h1-3,6-7,16-17H,4-5,8-14H2,(H,28,29)(H,25,26,27). The highest BCUT2D eigenvalue weighted by Gasteiger charge is 2.30. The maximum Gasteiger partial charge on any atom is 0.306 e.